The Morgan fingerprint density at radius 2 is 2.14 bits per heavy atom. The number of hydrogen-bond acceptors (Lipinski definition) is 2. The van der Waals surface area contributed by atoms with Gasteiger partial charge in [0.1, 0.15) is 0 Å². The molecule has 0 unspecified atom stereocenters. The molecule has 0 saturated carbocycles. The Morgan fingerprint density at radius 1 is 1.57 bits per heavy atom. The average molecular weight is 101 g/mol. The van der Waals surface area contributed by atoms with Gasteiger partial charge in [-0.1, -0.05) is 0 Å². The lowest BCUT2D eigenvalue weighted by Gasteiger charge is -2.05. The van der Waals surface area contributed by atoms with Crippen molar-refractivity contribution in [3.63, 3.8) is 0 Å². The van der Waals surface area contributed by atoms with Crippen molar-refractivity contribution in [2.45, 2.75) is 0 Å². The van der Waals surface area contributed by atoms with Crippen LogP contribution in [0.15, 0.2) is 4.99 Å². The van der Waals surface area contributed by atoms with E-state index in [1.807, 2.05) is 19.1 Å². The van der Waals surface area contributed by atoms with Crippen LogP contribution in [0.2, 0.25) is 0 Å². The summed E-state index contributed by atoms with van der Waals surface area (Å²) in [5.41, 5.74) is 2.84. The smallest absolute Gasteiger partial charge is 0.0964 e. The zero-order valence-electron chi connectivity index (χ0n) is 4.97. The molecule has 3 heteroatoms. The van der Waals surface area contributed by atoms with Crippen molar-refractivity contribution in [2.75, 3.05) is 21.1 Å². The van der Waals surface area contributed by atoms with Crippen LogP contribution < -0.4 is 5.43 Å². The largest absolute Gasteiger partial charge is 0.310 e. The van der Waals surface area contributed by atoms with Gasteiger partial charge in [0.05, 0.1) is 6.34 Å². The van der Waals surface area contributed by atoms with Gasteiger partial charge >= 0.3 is 0 Å². The molecule has 0 aliphatic carbocycles. The number of aliphatic imine (C=N–C) groups is 1. The van der Waals surface area contributed by atoms with Gasteiger partial charge in [0, 0.05) is 21.1 Å². The van der Waals surface area contributed by atoms with E-state index in [2.05, 4.69) is 10.4 Å². The molecule has 0 saturated heterocycles. The molecule has 1 N–H and O–H groups in total. The van der Waals surface area contributed by atoms with Crippen LogP contribution in [0.4, 0.5) is 0 Å². The summed E-state index contributed by atoms with van der Waals surface area (Å²) in [6, 6.07) is 0. The van der Waals surface area contributed by atoms with Gasteiger partial charge in [0.25, 0.3) is 0 Å². The van der Waals surface area contributed by atoms with Crippen molar-refractivity contribution in [3.8, 4) is 0 Å². The first-order valence-corrected chi connectivity index (χ1v) is 2.11. The molecule has 0 rings (SSSR count). The van der Waals surface area contributed by atoms with Crippen LogP contribution in [0.1, 0.15) is 0 Å². The van der Waals surface area contributed by atoms with Crippen LogP contribution in [0.5, 0.6) is 0 Å². The van der Waals surface area contributed by atoms with Crippen LogP contribution in [0.25, 0.3) is 0 Å². The third-order valence-corrected chi connectivity index (χ3v) is 0.445. The highest BCUT2D eigenvalue weighted by Crippen LogP contribution is 1.54. The fourth-order valence-corrected chi connectivity index (χ4v) is 0.173. The van der Waals surface area contributed by atoms with Crippen LogP contribution in [-0.2, 0) is 0 Å². The topological polar surface area (TPSA) is 27.6 Å². The molecule has 0 spiro atoms. The van der Waals surface area contributed by atoms with Crippen molar-refractivity contribution in [1.82, 2.24) is 10.4 Å². The molecule has 0 heterocycles. The molecule has 0 amide bonds. The number of nitrogens with zero attached hydrogens (tertiary/aromatic N) is 2. The molecular weight excluding hydrogens is 90.1 g/mol. The van der Waals surface area contributed by atoms with Gasteiger partial charge in [-0.3, -0.25) is 4.99 Å². The van der Waals surface area contributed by atoms with Crippen molar-refractivity contribution in [3.05, 3.63) is 0 Å². The third kappa shape index (κ3) is 5.43. The summed E-state index contributed by atoms with van der Waals surface area (Å²) in [5.74, 6) is 0. The Morgan fingerprint density at radius 3 is 2.29 bits per heavy atom. The molecule has 0 fully saturated rings. The van der Waals surface area contributed by atoms with E-state index in [0.29, 0.717) is 0 Å². The van der Waals surface area contributed by atoms with Crippen LogP contribution in [0, 0.1) is 0 Å². The summed E-state index contributed by atoms with van der Waals surface area (Å²) in [4.78, 5) is 3.70. The van der Waals surface area contributed by atoms with Gasteiger partial charge in [0.15, 0.2) is 0 Å². The molecule has 0 aliphatic rings. The molecule has 3 nitrogen and oxygen atoms in total. The second-order valence-corrected chi connectivity index (χ2v) is 1.41. The molecule has 0 aromatic rings. The van der Waals surface area contributed by atoms with Gasteiger partial charge in [-0.05, 0) is 0 Å². The fraction of sp³-hybridized carbons (Fsp3) is 0.750. The van der Waals surface area contributed by atoms with E-state index in [-0.39, 0.29) is 0 Å². The number of hydrazine groups is 1. The average Bonchev–Trinajstić information content (AvgIpc) is 1.61. The minimum absolute atomic E-state index is 1.62. The molecule has 0 aromatic heterocycles. The summed E-state index contributed by atoms with van der Waals surface area (Å²) >= 11 is 0. The number of rotatable bonds is 2. The van der Waals surface area contributed by atoms with E-state index < -0.39 is 0 Å². The maximum atomic E-state index is 3.70. The van der Waals surface area contributed by atoms with Crippen molar-refractivity contribution >= 4 is 6.34 Å². The first-order valence-electron chi connectivity index (χ1n) is 2.11. The van der Waals surface area contributed by atoms with Crippen molar-refractivity contribution < 1.29 is 0 Å². The summed E-state index contributed by atoms with van der Waals surface area (Å²) in [6.07, 6.45) is 1.62. The molecule has 7 heavy (non-hydrogen) atoms. The molecule has 0 aromatic carbocycles. The summed E-state index contributed by atoms with van der Waals surface area (Å²) in [5, 5.41) is 1.81. The second-order valence-electron chi connectivity index (χ2n) is 1.41. The molecule has 0 aliphatic heterocycles. The van der Waals surface area contributed by atoms with E-state index in [0.717, 1.165) is 0 Å². The Balaban J connectivity index is 2.97. The van der Waals surface area contributed by atoms with E-state index in [4.69, 9.17) is 0 Å². The molecular formula is C4H11N3. The molecule has 0 bridgehead atoms. The standard InChI is InChI=1S/C4H11N3/c1-5-4-6-7(2)3/h4H,1-3H3,(H,5,6). The minimum atomic E-state index is 1.62. The summed E-state index contributed by atoms with van der Waals surface area (Å²) < 4.78 is 0. The minimum Gasteiger partial charge on any atom is -0.310 e. The van der Waals surface area contributed by atoms with Crippen molar-refractivity contribution in [2.24, 2.45) is 4.99 Å². The lowest BCUT2D eigenvalue weighted by Crippen LogP contribution is -2.28. The second kappa shape index (κ2) is 3.61. The molecule has 42 valence electrons. The SMILES string of the molecule is CN=CNN(C)C. The quantitative estimate of drug-likeness (QED) is 0.294. The van der Waals surface area contributed by atoms with Gasteiger partial charge in [-0.15, -0.1) is 0 Å². The van der Waals surface area contributed by atoms with E-state index in [9.17, 15) is 0 Å². The van der Waals surface area contributed by atoms with Crippen LogP contribution >= 0.6 is 0 Å². The zero-order valence-corrected chi connectivity index (χ0v) is 4.97. The highest BCUT2D eigenvalue weighted by molar-refractivity contribution is 5.52. The Kier molecular flexibility index (Phi) is 3.32. The highest BCUT2D eigenvalue weighted by Gasteiger charge is 1.73. The zero-order chi connectivity index (χ0) is 5.70. The lowest BCUT2D eigenvalue weighted by molar-refractivity contribution is 0.367. The predicted octanol–water partition coefficient (Wildman–Crippen LogP) is -0.289. The third-order valence-electron chi connectivity index (χ3n) is 0.445. The number of nitrogens with one attached hydrogen (secondary N) is 1. The number of hydrogen-bond donors (Lipinski definition) is 1. The maximum absolute atomic E-state index is 3.70. The predicted molar refractivity (Wildman–Crippen MR) is 31.2 cm³/mol. The monoisotopic (exact) mass is 101 g/mol. The maximum Gasteiger partial charge on any atom is 0.0964 e. The van der Waals surface area contributed by atoms with E-state index in [1.165, 1.54) is 0 Å². The van der Waals surface area contributed by atoms with Gasteiger partial charge in [0.2, 0.25) is 0 Å². The lowest BCUT2D eigenvalue weighted by atomic mass is 11.1. The summed E-state index contributed by atoms with van der Waals surface area (Å²) in [6.45, 7) is 0. The van der Waals surface area contributed by atoms with Gasteiger partial charge in [-0.2, -0.15) is 0 Å². The van der Waals surface area contributed by atoms with Gasteiger partial charge in [-0.25, -0.2) is 5.01 Å². The Labute approximate surface area is 44.0 Å². The highest BCUT2D eigenvalue weighted by atomic mass is 15.5. The van der Waals surface area contributed by atoms with E-state index >= 15 is 0 Å². The van der Waals surface area contributed by atoms with E-state index in [1.54, 1.807) is 13.4 Å². The van der Waals surface area contributed by atoms with Crippen LogP contribution in [0.3, 0.4) is 0 Å². The normalized spacial score (nSPS) is 10.9. The fourth-order valence-electron chi connectivity index (χ4n) is 0.173. The first-order chi connectivity index (χ1) is 3.27. The molecule has 0 atom stereocenters. The van der Waals surface area contributed by atoms with Crippen LogP contribution in [-0.4, -0.2) is 32.5 Å². The Bertz CT molecular complexity index is 58.0. The first kappa shape index (κ1) is 6.43. The molecule has 0 radical (unpaired) electrons. The van der Waals surface area contributed by atoms with Crippen molar-refractivity contribution in [1.29, 1.82) is 0 Å². The Hall–Kier alpha value is -0.570. The van der Waals surface area contributed by atoms with Gasteiger partial charge < -0.3 is 5.43 Å². The summed E-state index contributed by atoms with van der Waals surface area (Å²) in [7, 11) is 5.53.